The van der Waals surface area contributed by atoms with Crippen LogP contribution in [-0.4, -0.2) is 59.0 Å². The molecule has 8 heteroatoms. The van der Waals surface area contributed by atoms with E-state index in [2.05, 4.69) is 67.8 Å². The molecule has 6 atom stereocenters. The summed E-state index contributed by atoms with van der Waals surface area (Å²) >= 11 is 1.77. The number of nitrogens with zero attached hydrogens (tertiary/aromatic N) is 1. The maximum absolute atomic E-state index is 9.87. The summed E-state index contributed by atoms with van der Waals surface area (Å²) in [6.07, 6.45) is 11.7. The van der Waals surface area contributed by atoms with Gasteiger partial charge in [-0.2, -0.15) is 0 Å². The predicted molar refractivity (Wildman–Crippen MR) is 211 cm³/mol. The molecule has 0 spiro atoms. The van der Waals surface area contributed by atoms with E-state index in [4.69, 9.17) is 24.2 Å². The Morgan fingerprint density at radius 2 is 1.67 bits per heavy atom. The Balaban J connectivity index is 1.57. The Hall–Kier alpha value is -3.56. The Morgan fingerprint density at radius 3 is 2.40 bits per heavy atom. The molecule has 3 aliphatic rings. The summed E-state index contributed by atoms with van der Waals surface area (Å²) in [4.78, 5) is 7.36. The molecule has 1 aliphatic heterocycles. The molecule has 3 aromatic carbocycles. The van der Waals surface area contributed by atoms with Crippen molar-refractivity contribution >= 4 is 28.2 Å². The van der Waals surface area contributed by atoms with Crippen molar-refractivity contribution in [3.63, 3.8) is 0 Å². The molecule has 7 nitrogen and oxygen atoms in total. The molecule has 0 amide bonds. The zero-order chi connectivity index (χ0) is 36.7. The molecular formula is C44H55NO6S. The molecule has 1 fully saturated rings. The van der Waals surface area contributed by atoms with E-state index in [-0.39, 0.29) is 42.1 Å². The summed E-state index contributed by atoms with van der Waals surface area (Å²) in [6.45, 7) is 15.0. The highest BCUT2D eigenvalue weighted by Gasteiger charge is 2.64. The summed E-state index contributed by atoms with van der Waals surface area (Å²) in [5.41, 5.74) is 2.66. The molecule has 0 aromatic heterocycles. The van der Waals surface area contributed by atoms with Gasteiger partial charge in [0.15, 0.2) is 0 Å². The summed E-state index contributed by atoms with van der Waals surface area (Å²) in [5.74, 6) is 0.740. The van der Waals surface area contributed by atoms with Gasteiger partial charge >= 0.3 is 0 Å². The fourth-order valence-corrected chi connectivity index (χ4v) is 9.60. The van der Waals surface area contributed by atoms with Crippen molar-refractivity contribution in [1.29, 1.82) is 0 Å². The minimum Gasteiger partial charge on any atom is -0.490 e. The van der Waals surface area contributed by atoms with Gasteiger partial charge in [0.25, 0.3) is 0 Å². The minimum atomic E-state index is -1.05. The molecule has 2 aliphatic carbocycles. The van der Waals surface area contributed by atoms with Crippen LogP contribution in [0.15, 0.2) is 108 Å². The van der Waals surface area contributed by atoms with E-state index in [1.807, 2.05) is 39.0 Å². The standard InChI is InChI=1S/C44H55NO6S/c1-6-24-48-33-19-21-39-37(28-33)41-35(17-11-13-23-47)32(16-10-12-22-46)27-36-38(45-51-43(3,4)5)29-40(44(50-39,42(36)41)49-25-7-2)52-34-20-18-30-14-8-9-15-31(30)26-34/h6-9,14-15,18-21,26-28,32,35,40-42,46-47H,1-2,10-13,16-17,22-25,29H2,3-5H3/t32-,35+,40-,41+,42+,44+/m0/s1. The molecule has 0 saturated heterocycles. The molecule has 3 aromatic rings. The first kappa shape index (κ1) is 38.2. The van der Waals surface area contributed by atoms with E-state index in [0.717, 1.165) is 71.8 Å². The van der Waals surface area contributed by atoms with Crippen LogP contribution in [0.5, 0.6) is 11.5 Å². The van der Waals surface area contributed by atoms with E-state index in [0.29, 0.717) is 19.6 Å². The first-order valence-electron chi connectivity index (χ1n) is 18.9. The molecule has 0 radical (unpaired) electrons. The van der Waals surface area contributed by atoms with Crippen LogP contribution >= 0.6 is 11.8 Å². The van der Waals surface area contributed by atoms with Gasteiger partial charge in [-0.05, 0) is 105 Å². The SMILES string of the molecule is C=CCOc1ccc2c(c1)[C@H]1[C@H](CCCCO)[C@@H](CCCCO)C=C3C(=NOC(C)(C)C)C[C@H](Sc4ccc5ccccc5c4)[C@@](OCC=C)(O2)[C@H]31. The van der Waals surface area contributed by atoms with Crippen molar-refractivity contribution in [3.05, 3.63) is 103 Å². The second-order valence-electron chi connectivity index (χ2n) is 15.2. The lowest BCUT2D eigenvalue weighted by atomic mass is 9.56. The van der Waals surface area contributed by atoms with Gasteiger partial charge in [-0.15, -0.1) is 18.3 Å². The molecular weight excluding hydrogens is 671 g/mol. The highest BCUT2D eigenvalue weighted by molar-refractivity contribution is 8.00. The van der Waals surface area contributed by atoms with Crippen molar-refractivity contribution < 1.29 is 29.3 Å². The van der Waals surface area contributed by atoms with Gasteiger partial charge in [-0.25, -0.2) is 0 Å². The van der Waals surface area contributed by atoms with Crippen LogP contribution in [0.25, 0.3) is 10.8 Å². The van der Waals surface area contributed by atoms with Crippen LogP contribution < -0.4 is 9.47 Å². The number of hydrogen-bond donors (Lipinski definition) is 2. The monoisotopic (exact) mass is 725 g/mol. The number of oxime groups is 1. The Kier molecular flexibility index (Phi) is 12.5. The zero-order valence-corrected chi connectivity index (χ0v) is 31.8. The van der Waals surface area contributed by atoms with Crippen LogP contribution in [0, 0.1) is 17.8 Å². The molecule has 6 rings (SSSR count). The van der Waals surface area contributed by atoms with Crippen molar-refractivity contribution in [2.75, 3.05) is 26.4 Å². The van der Waals surface area contributed by atoms with Crippen LogP contribution in [0.2, 0.25) is 0 Å². The van der Waals surface area contributed by atoms with Gasteiger partial charge in [0.05, 0.1) is 23.5 Å². The Morgan fingerprint density at radius 1 is 0.923 bits per heavy atom. The maximum atomic E-state index is 9.87. The summed E-state index contributed by atoms with van der Waals surface area (Å²) in [7, 11) is 0. The zero-order valence-electron chi connectivity index (χ0n) is 31.0. The first-order valence-corrected chi connectivity index (χ1v) is 19.7. The average Bonchev–Trinajstić information content (AvgIpc) is 3.14. The fraction of sp³-hybridized carbons (Fsp3) is 0.477. The molecule has 52 heavy (non-hydrogen) atoms. The van der Waals surface area contributed by atoms with Gasteiger partial charge < -0.3 is 29.3 Å². The lowest BCUT2D eigenvalue weighted by Crippen LogP contribution is -2.64. The number of allylic oxidation sites excluding steroid dienone is 1. The minimum absolute atomic E-state index is 0.00138. The molecule has 1 saturated carbocycles. The predicted octanol–water partition coefficient (Wildman–Crippen LogP) is 9.63. The molecule has 0 unspecified atom stereocenters. The lowest BCUT2D eigenvalue weighted by molar-refractivity contribution is -0.223. The summed E-state index contributed by atoms with van der Waals surface area (Å²) in [6, 6.07) is 21.2. The Labute approximate surface area is 313 Å². The number of aliphatic hydroxyl groups excluding tert-OH is 2. The van der Waals surface area contributed by atoms with Crippen LogP contribution in [0.3, 0.4) is 0 Å². The Bertz CT molecular complexity index is 1760. The summed E-state index contributed by atoms with van der Waals surface area (Å²) in [5, 5.41) is 26.8. The fourth-order valence-electron chi connectivity index (χ4n) is 8.27. The number of unbranched alkanes of at least 4 members (excludes halogenated alkanes) is 2. The molecule has 278 valence electrons. The topological polar surface area (TPSA) is 89.7 Å². The van der Waals surface area contributed by atoms with Gasteiger partial charge in [-0.3, -0.25) is 0 Å². The third-order valence-electron chi connectivity index (χ3n) is 10.4. The van der Waals surface area contributed by atoms with E-state index in [9.17, 15) is 10.2 Å². The highest BCUT2D eigenvalue weighted by atomic mass is 32.2. The van der Waals surface area contributed by atoms with Gasteiger partial charge in [0.2, 0.25) is 5.79 Å². The van der Waals surface area contributed by atoms with E-state index < -0.39 is 11.4 Å². The van der Waals surface area contributed by atoms with Gasteiger partial charge in [-0.1, -0.05) is 73.1 Å². The van der Waals surface area contributed by atoms with E-state index >= 15 is 0 Å². The number of hydrogen-bond acceptors (Lipinski definition) is 8. The number of benzene rings is 3. The number of aliphatic hydroxyl groups is 2. The third kappa shape index (κ3) is 8.31. The first-order chi connectivity index (χ1) is 25.2. The quantitative estimate of drug-likeness (QED) is 0.0814. The second-order valence-corrected chi connectivity index (χ2v) is 16.5. The number of thioether (sulfide) groups is 1. The largest absolute Gasteiger partial charge is 0.490 e. The van der Waals surface area contributed by atoms with Crippen LogP contribution in [0.1, 0.15) is 77.2 Å². The van der Waals surface area contributed by atoms with Crippen molar-refractivity contribution in [3.8, 4) is 11.5 Å². The molecule has 0 bridgehead atoms. The van der Waals surface area contributed by atoms with Crippen molar-refractivity contribution in [2.45, 2.75) is 93.2 Å². The van der Waals surface area contributed by atoms with Crippen molar-refractivity contribution in [1.82, 2.24) is 0 Å². The number of fused-ring (bicyclic) bond motifs is 3. The normalized spacial score (nSPS) is 25.8. The van der Waals surface area contributed by atoms with Crippen LogP contribution in [0.4, 0.5) is 0 Å². The molecule has 1 heterocycles. The number of ether oxygens (including phenoxy) is 3. The van der Waals surface area contributed by atoms with E-state index in [1.165, 1.54) is 10.8 Å². The maximum Gasteiger partial charge on any atom is 0.231 e. The smallest absolute Gasteiger partial charge is 0.231 e. The van der Waals surface area contributed by atoms with E-state index in [1.54, 1.807) is 17.8 Å². The van der Waals surface area contributed by atoms with Gasteiger partial charge in [0.1, 0.15) is 23.7 Å². The number of rotatable bonds is 17. The second kappa shape index (κ2) is 17.1. The molecule has 2 N–H and O–H groups in total. The average molecular weight is 726 g/mol. The van der Waals surface area contributed by atoms with Crippen LogP contribution in [-0.2, 0) is 9.57 Å². The summed E-state index contributed by atoms with van der Waals surface area (Å²) < 4.78 is 20.5. The third-order valence-corrected chi connectivity index (χ3v) is 11.7. The van der Waals surface area contributed by atoms with Crippen molar-refractivity contribution in [2.24, 2.45) is 22.9 Å². The highest BCUT2D eigenvalue weighted by Crippen LogP contribution is 2.63. The van der Waals surface area contributed by atoms with Gasteiger partial charge in [0, 0.05) is 36.0 Å². The lowest BCUT2D eigenvalue weighted by Gasteiger charge is -2.58.